The maximum absolute atomic E-state index is 9.52. The van der Waals surface area contributed by atoms with Crippen molar-refractivity contribution < 1.29 is 0 Å². The van der Waals surface area contributed by atoms with Crippen molar-refractivity contribution in [3.63, 3.8) is 0 Å². The summed E-state index contributed by atoms with van der Waals surface area (Å²) in [6, 6.07) is 49.4. The van der Waals surface area contributed by atoms with Crippen LogP contribution in [-0.4, -0.2) is 16.2 Å². The number of nitrogens with two attached hydrogens (primary N) is 1. The minimum Gasteiger partial charge on any atom is -0.383 e. The molecule has 0 radical (unpaired) electrons. The molecule has 0 saturated carbocycles. The van der Waals surface area contributed by atoms with Gasteiger partial charge in [0.15, 0.2) is 5.84 Å². The predicted octanol–water partition coefficient (Wildman–Crippen LogP) is 8.59. The number of amidine groups is 2. The summed E-state index contributed by atoms with van der Waals surface area (Å²) in [5.74, 6) is 0.262. The molecule has 6 heteroatoms. The summed E-state index contributed by atoms with van der Waals surface area (Å²) in [6.45, 7) is 0. The fourth-order valence-electron chi connectivity index (χ4n) is 5.87. The Morgan fingerprint density at radius 2 is 1.15 bits per heavy atom. The highest BCUT2D eigenvalue weighted by Gasteiger charge is 2.18. The number of hydrogen-bond donors (Lipinski definition) is 2. The third-order valence-corrected chi connectivity index (χ3v) is 8.16. The molecule has 216 valence electrons. The lowest BCUT2D eigenvalue weighted by atomic mass is 10.00. The van der Waals surface area contributed by atoms with Crippen molar-refractivity contribution in [3.05, 3.63) is 162 Å². The Hall–Kier alpha value is -6.76. The summed E-state index contributed by atoms with van der Waals surface area (Å²) < 4.78 is 2.19. The molecule has 0 atom stereocenters. The van der Waals surface area contributed by atoms with Crippen molar-refractivity contribution in [2.45, 2.75) is 0 Å². The summed E-state index contributed by atoms with van der Waals surface area (Å²) >= 11 is 0. The first kappa shape index (κ1) is 28.0. The van der Waals surface area contributed by atoms with E-state index in [0.717, 1.165) is 49.7 Å². The molecule has 3 N–H and O–H groups in total. The highest BCUT2D eigenvalue weighted by Crippen LogP contribution is 2.35. The van der Waals surface area contributed by atoms with Gasteiger partial charge in [-0.2, -0.15) is 10.5 Å². The Balaban J connectivity index is 1.34. The SMILES string of the molecule is N#Cc1ccc(-c2ccc(C(=N)N=C(N)c3ccc(-c4cccc(C#N)c4)cc3-n3c4ccccc4c4ccccc43)cc2)cc1. The van der Waals surface area contributed by atoms with Crippen molar-refractivity contribution in [1.82, 2.24) is 4.57 Å². The Bertz CT molecular complexity index is 2350. The molecule has 0 aliphatic heterocycles. The first-order valence-electron chi connectivity index (χ1n) is 14.7. The van der Waals surface area contributed by atoms with Crippen molar-refractivity contribution >= 4 is 33.5 Å². The summed E-state index contributed by atoms with van der Waals surface area (Å²) in [4.78, 5) is 4.59. The summed E-state index contributed by atoms with van der Waals surface area (Å²) in [6.07, 6.45) is 0. The van der Waals surface area contributed by atoms with Crippen LogP contribution in [0.2, 0.25) is 0 Å². The highest BCUT2D eigenvalue weighted by molar-refractivity contribution is 6.14. The quantitative estimate of drug-likeness (QED) is 0.154. The van der Waals surface area contributed by atoms with E-state index >= 15 is 0 Å². The van der Waals surface area contributed by atoms with Crippen LogP contribution < -0.4 is 5.73 Å². The van der Waals surface area contributed by atoms with E-state index in [1.54, 1.807) is 18.2 Å². The van der Waals surface area contributed by atoms with Gasteiger partial charge >= 0.3 is 0 Å². The number of benzene rings is 6. The molecule has 1 heterocycles. The second-order valence-electron chi connectivity index (χ2n) is 10.9. The van der Waals surface area contributed by atoms with Gasteiger partial charge in [0.05, 0.1) is 40.0 Å². The average Bonchev–Trinajstić information content (AvgIpc) is 3.45. The van der Waals surface area contributed by atoms with Gasteiger partial charge < -0.3 is 10.3 Å². The third kappa shape index (κ3) is 5.07. The minimum atomic E-state index is 0.0443. The van der Waals surface area contributed by atoms with Gasteiger partial charge in [0.2, 0.25) is 0 Å². The lowest BCUT2D eigenvalue weighted by Crippen LogP contribution is -2.18. The van der Waals surface area contributed by atoms with Crippen LogP contribution in [0.5, 0.6) is 0 Å². The molecule has 0 aliphatic carbocycles. The molecule has 7 rings (SSSR count). The number of hydrogen-bond acceptors (Lipinski definition) is 3. The largest absolute Gasteiger partial charge is 0.383 e. The lowest BCUT2D eigenvalue weighted by molar-refractivity contribution is 1.17. The first-order chi connectivity index (χ1) is 22.5. The second kappa shape index (κ2) is 11.7. The zero-order valence-electron chi connectivity index (χ0n) is 24.6. The Labute approximate surface area is 266 Å². The fraction of sp³-hybridized carbons (Fsp3) is 0. The summed E-state index contributed by atoms with van der Waals surface area (Å²) in [7, 11) is 0. The molecule has 0 aliphatic rings. The first-order valence-corrected chi connectivity index (χ1v) is 14.7. The van der Waals surface area contributed by atoms with E-state index < -0.39 is 0 Å². The standard InChI is InChI=1S/C40H26N6/c41-24-26-12-14-28(15-13-26)29-16-18-30(19-17-29)39(43)45-40(44)35-21-20-32(31-7-5-6-27(22-31)25-42)23-38(35)46-36-10-3-1-8-33(36)34-9-2-4-11-37(34)46/h1-23H,(H3,43,44,45). The second-order valence-corrected chi connectivity index (χ2v) is 10.9. The van der Waals surface area contributed by atoms with Gasteiger partial charge in [-0.05, 0) is 70.8 Å². The van der Waals surface area contributed by atoms with Crippen molar-refractivity contribution in [2.24, 2.45) is 10.7 Å². The van der Waals surface area contributed by atoms with Gasteiger partial charge in [0.25, 0.3) is 0 Å². The molecule has 0 amide bonds. The fourth-order valence-corrected chi connectivity index (χ4v) is 5.87. The van der Waals surface area contributed by atoms with Crippen LogP contribution in [0.4, 0.5) is 0 Å². The van der Waals surface area contributed by atoms with Crippen LogP contribution in [0.25, 0.3) is 49.7 Å². The molecule has 46 heavy (non-hydrogen) atoms. The van der Waals surface area contributed by atoms with Crippen LogP contribution in [0.1, 0.15) is 22.3 Å². The molecular weight excluding hydrogens is 564 g/mol. The number of nitrogens with zero attached hydrogens (tertiary/aromatic N) is 4. The Morgan fingerprint density at radius 1 is 0.587 bits per heavy atom. The normalized spacial score (nSPS) is 11.3. The number of aliphatic imine (C=N–C) groups is 1. The smallest absolute Gasteiger partial charge is 0.154 e. The number of fused-ring (bicyclic) bond motifs is 3. The summed E-state index contributed by atoms with van der Waals surface area (Å²) in [5, 5.41) is 29.7. The number of para-hydroxylation sites is 2. The lowest BCUT2D eigenvalue weighted by Gasteiger charge is -2.16. The van der Waals surface area contributed by atoms with Gasteiger partial charge in [-0.15, -0.1) is 0 Å². The van der Waals surface area contributed by atoms with Gasteiger partial charge in [-0.3, -0.25) is 5.41 Å². The molecular formula is C40H26N6. The number of nitriles is 2. The maximum atomic E-state index is 9.52. The molecule has 0 saturated heterocycles. The van der Waals surface area contributed by atoms with E-state index in [-0.39, 0.29) is 11.7 Å². The van der Waals surface area contributed by atoms with Gasteiger partial charge in [0.1, 0.15) is 5.84 Å². The Morgan fingerprint density at radius 3 is 1.78 bits per heavy atom. The van der Waals surface area contributed by atoms with Gasteiger partial charge in [-0.1, -0.05) is 91.0 Å². The number of aromatic nitrogens is 1. The van der Waals surface area contributed by atoms with Crippen molar-refractivity contribution in [2.75, 3.05) is 0 Å². The van der Waals surface area contributed by atoms with Crippen LogP contribution in [0.3, 0.4) is 0 Å². The Kier molecular flexibility index (Phi) is 7.15. The molecule has 0 unspecified atom stereocenters. The van der Waals surface area contributed by atoms with Gasteiger partial charge in [0, 0.05) is 21.9 Å². The maximum Gasteiger partial charge on any atom is 0.154 e. The molecule has 0 fully saturated rings. The van der Waals surface area contributed by atoms with E-state index in [1.807, 2.05) is 91.0 Å². The minimum absolute atomic E-state index is 0.0443. The van der Waals surface area contributed by atoms with Crippen LogP contribution >= 0.6 is 0 Å². The predicted molar refractivity (Wildman–Crippen MR) is 185 cm³/mol. The summed E-state index contributed by atoms with van der Waals surface area (Å²) in [5.41, 5.74) is 15.9. The molecule has 6 aromatic carbocycles. The van der Waals surface area contributed by atoms with E-state index in [4.69, 9.17) is 16.4 Å². The molecule has 1 aromatic heterocycles. The number of nitrogens with one attached hydrogen (secondary N) is 1. The molecule has 7 aromatic rings. The zero-order valence-corrected chi connectivity index (χ0v) is 24.6. The highest BCUT2D eigenvalue weighted by atomic mass is 15.0. The van der Waals surface area contributed by atoms with Crippen molar-refractivity contribution in [1.29, 1.82) is 15.9 Å². The van der Waals surface area contributed by atoms with Crippen molar-refractivity contribution in [3.8, 4) is 40.1 Å². The monoisotopic (exact) mass is 590 g/mol. The topological polar surface area (TPSA) is 115 Å². The van der Waals surface area contributed by atoms with Crippen LogP contribution in [-0.2, 0) is 0 Å². The molecule has 0 bridgehead atoms. The average molecular weight is 591 g/mol. The van der Waals surface area contributed by atoms with E-state index in [9.17, 15) is 5.26 Å². The van der Waals surface area contributed by atoms with E-state index in [2.05, 4.69) is 52.0 Å². The zero-order chi connectivity index (χ0) is 31.6. The third-order valence-electron chi connectivity index (χ3n) is 8.16. The van der Waals surface area contributed by atoms with Gasteiger partial charge in [-0.25, -0.2) is 4.99 Å². The van der Waals surface area contributed by atoms with E-state index in [0.29, 0.717) is 22.3 Å². The van der Waals surface area contributed by atoms with Crippen LogP contribution in [0.15, 0.2) is 145 Å². The molecule has 0 spiro atoms. The molecule has 6 nitrogen and oxygen atoms in total. The van der Waals surface area contributed by atoms with Crippen LogP contribution in [0, 0.1) is 28.1 Å². The van der Waals surface area contributed by atoms with E-state index in [1.165, 1.54) is 0 Å². The number of rotatable bonds is 5.